The van der Waals surface area contributed by atoms with Crippen LogP contribution in [0.25, 0.3) is 0 Å². The minimum Gasteiger partial charge on any atom is -0.483 e. The highest BCUT2D eigenvalue weighted by Gasteiger charge is 2.27. The van der Waals surface area contributed by atoms with Crippen molar-refractivity contribution in [2.75, 3.05) is 13.2 Å². The van der Waals surface area contributed by atoms with Crippen LogP contribution in [-0.2, 0) is 16.1 Å². The molecule has 0 aliphatic carbocycles. The molecule has 0 radical (unpaired) electrons. The predicted molar refractivity (Wildman–Crippen MR) is 121 cm³/mol. The van der Waals surface area contributed by atoms with E-state index in [1.165, 1.54) is 4.90 Å². The van der Waals surface area contributed by atoms with Crippen molar-refractivity contribution in [2.45, 2.75) is 53.1 Å². The molecule has 0 aliphatic heterocycles. The number of amides is 2. The van der Waals surface area contributed by atoms with Crippen LogP contribution in [0.5, 0.6) is 5.75 Å². The highest BCUT2D eigenvalue weighted by Crippen LogP contribution is 2.21. The summed E-state index contributed by atoms with van der Waals surface area (Å²) >= 11 is 6.30. The van der Waals surface area contributed by atoms with Crippen molar-refractivity contribution in [3.63, 3.8) is 0 Å². The summed E-state index contributed by atoms with van der Waals surface area (Å²) in [5.41, 5.74) is 2.79. The van der Waals surface area contributed by atoms with E-state index in [2.05, 4.69) is 12.2 Å². The second-order valence-electron chi connectivity index (χ2n) is 7.49. The van der Waals surface area contributed by atoms with Crippen LogP contribution in [0.1, 0.15) is 43.4 Å². The molecule has 0 spiro atoms. The van der Waals surface area contributed by atoms with Crippen molar-refractivity contribution in [3.8, 4) is 5.75 Å². The van der Waals surface area contributed by atoms with Gasteiger partial charge in [0.15, 0.2) is 6.61 Å². The van der Waals surface area contributed by atoms with Crippen LogP contribution in [-0.4, -0.2) is 35.9 Å². The smallest absolute Gasteiger partial charge is 0.261 e. The van der Waals surface area contributed by atoms with Gasteiger partial charge in [-0.15, -0.1) is 0 Å². The zero-order valence-electron chi connectivity index (χ0n) is 18.2. The molecule has 0 fully saturated rings. The molecule has 0 aliphatic rings. The molecule has 0 aromatic heterocycles. The Morgan fingerprint density at radius 3 is 2.60 bits per heavy atom. The van der Waals surface area contributed by atoms with Gasteiger partial charge in [-0.25, -0.2) is 0 Å². The van der Waals surface area contributed by atoms with Gasteiger partial charge in [0.25, 0.3) is 5.91 Å². The number of halogens is 1. The minimum absolute atomic E-state index is 0.151. The van der Waals surface area contributed by atoms with Crippen LogP contribution in [0.15, 0.2) is 42.5 Å². The lowest BCUT2D eigenvalue weighted by Gasteiger charge is -2.29. The number of benzene rings is 2. The molecule has 30 heavy (non-hydrogen) atoms. The first-order valence-corrected chi connectivity index (χ1v) is 10.7. The lowest BCUT2D eigenvalue weighted by atomic mass is 10.1. The molecule has 1 atom stereocenters. The molecular weight excluding hydrogens is 400 g/mol. The molecule has 2 amide bonds. The number of unbranched alkanes of at least 4 members (excludes halogenated alkanes) is 1. The van der Waals surface area contributed by atoms with Crippen LogP contribution in [0.4, 0.5) is 0 Å². The number of nitrogens with one attached hydrogen (secondary N) is 1. The number of carbonyl (C=O) groups excluding carboxylic acids is 2. The van der Waals surface area contributed by atoms with E-state index < -0.39 is 6.04 Å². The average molecular weight is 431 g/mol. The minimum atomic E-state index is -0.646. The fourth-order valence-corrected chi connectivity index (χ4v) is 3.21. The Morgan fingerprint density at radius 1 is 1.17 bits per heavy atom. The van der Waals surface area contributed by atoms with Gasteiger partial charge < -0.3 is 15.0 Å². The van der Waals surface area contributed by atoms with Crippen molar-refractivity contribution in [2.24, 2.45) is 0 Å². The van der Waals surface area contributed by atoms with Gasteiger partial charge in [-0.2, -0.15) is 0 Å². The van der Waals surface area contributed by atoms with Gasteiger partial charge >= 0.3 is 0 Å². The van der Waals surface area contributed by atoms with E-state index in [1.54, 1.807) is 13.0 Å². The topological polar surface area (TPSA) is 58.6 Å². The summed E-state index contributed by atoms with van der Waals surface area (Å²) < 4.78 is 5.80. The second kappa shape index (κ2) is 11.6. The highest BCUT2D eigenvalue weighted by molar-refractivity contribution is 6.31. The first kappa shape index (κ1) is 23.7. The summed E-state index contributed by atoms with van der Waals surface area (Å²) in [4.78, 5) is 27.2. The van der Waals surface area contributed by atoms with Crippen LogP contribution >= 0.6 is 11.6 Å². The van der Waals surface area contributed by atoms with Gasteiger partial charge in [-0.1, -0.05) is 55.3 Å². The van der Waals surface area contributed by atoms with Crippen LogP contribution < -0.4 is 10.1 Å². The number of hydrogen-bond acceptors (Lipinski definition) is 3. The Morgan fingerprint density at radius 2 is 1.90 bits per heavy atom. The first-order chi connectivity index (χ1) is 14.3. The van der Waals surface area contributed by atoms with Gasteiger partial charge in [0, 0.05) is 18.1 Å². The van der Waals surface area contributed by atoms with Gasteiger partial charge in [0.05, 0.1) is 0 Å². The number of hydrogen-bond donors (Lipinski definition) is 1. The number of nitrogens with zero attached hydrogens (tertiary/aromatic N) is 1. The molecule has 0 unspecified atom stereocenters. The quantitative estimate of drug-likeness (QED) is 0.557. The fraction of sp³-hybridized carbons (Fsp3) is 0.417. The van der Waals surface area contributed by atoms with Crippen LogP contribution in [0, 0.1) is 13.8 Å². The van der Waals surface area contributed by atoms with Gasteiger partial charge in [0.2, 0.25) is 5.91 Å². The van der Waals surface area contributed by atoms with E-state index >= 15 is 0 Å². The van der Waals surface area contributed by atoms with E-state index in [9.17, 15) is 9.59 Å². The summed E-state index contributed by atoms with van der Waals surface area (Å²) in [7, 11) is 0. The van der Waals surface area contributed by atoms with E-state index in [0.29, 0.717) is 17.3 Å². The summed E-state index contributed by atoms with van der Waals surface area (Å²) in [5, 5.41) is 3.46. The fourth-order valence-electron chi connectivity index (χ4n) is 3.01. The number of carbonyl (C=O) groups is 2. The number of aryl methyl sites for hydroxylation is 2. The van der Waals surface area contributed by atoms with Crippen molar-refractivity contribution < 1.29 is 14.3 Å². The van der Waals surface area contributed by atoms with Gasteiger partial charge in [-0.05, 0) is 56.0 Å². The Kier molecular flexibility index (Phi) is 9.18. The molecule has 2 aromatic carbocycles. The Bertz CT molecular complexity index is 869. The molecule has 162 valence electrons. The van der Waals surface area contributed by atoms with E-state index in [1.807, 2.05) is 50.2 Å². The molecule has 5 nitrogen and oxygen atoms in total. The van der Waals surface area contributed by atoms with Crippen LogP contribution in [0.3, 0.4) is 0 Å². The van der Waals surface area contributed by atoms with Crippen molar-refractivity contribution in [3.05, 3.63) is 64.2 Å². The van der Waals surface area contributed by atoms with Gasteiger partial charge in [0.1, 0.15) is 11.8 Å². The van der Waals surface area contributed by atoms with Crippen molar-refractivity contribution >= 4 is 23.4 Å². The lowest BCUT2D eigenvalue weighted by molar-refractivity contribution is -0.142. The lowest BCUT2D eigenvalue weighted by Crippen LogP contribution is -2.49. The molecule has 0 heterocycles. The van der Waals surface area contributed by atoms with Crippen molar-refractivity contribution in [1.82, 2.24) is 10.2 Å². The third-order valence-corrected chi connectivity index (χ3v) is 5.36. The van der Waals surface area contributed by atoms with E-state index in [4.69, 9.17) is 16.3 Å². The van der Waals surface area contributed by atoms with E-state index in [0.717, 1.165) is 29.5 Å². The molecular formula is C24H31ClN2O3. The maximum atomic E-state index is 13.1. The monoisotopic (exact) mass is 430 g/mol. The highest BCUT2D eigenvalue weighted by atomic mass is 35.5. The number of rotatable bonds is 10. The molecule has 0 saturated carbocycles. The molecule has 2 rings (SSSR count). The molecule has 1 N–H and O–H groups in total. The Hall–Kier alpha value is -2.53. The zero-order chi connectivity index (χ0) is 22.1. The maximum Gasteiger partial charge on any atom is 0.261 e. The van der Waals surface area contributed by atoms with Crippen LogP contribution in [0.2, 0.25) is 5.02 Å². The summed E-state index contributed by atoms with van der Waals surface area (Å²) in [6, 6.07) is 12.5. The molecule has 2 aromatic rings. The summed E-state index contributed by atoms with van der Waals surface area (Å²) in [6.45, 7) is 8.37. The third kappa shape index (κ3) is 6.77. The van der Waals surface area contributed by atoms with Gasteiger partial charge in [-0.3, -0.25) is 9.59 Å². The first-order valence-electron chi connectivity index (χ1n) is 10.3. The number of ether oxygens (including phenoxy) is 1. The molecule has 6 heteroatoms. The summed E-state index contributed by atoms with van der Waals surface area (Å²) in [6.07, 6.45) is 1.88. The third-order valence-electron chi connectivity index (χ3n) is 4.99. The second-order valence-corrected chi connectivity index (χ2v) is 7.90. The summed E-state index contributed by atoms with van der Waals surface area (Å²) in [5.74, 6) is 0.214. The SMILES string of the molecule is CCCCNC(=O)[C@H](C)N(Cc1ccccc1Cl)C(=O)COc1cc(C)ccc1C. The maximum absolute atomic E-state index is 13.1. The molecule has 0 bridgehead atoms. The van der Waals surface area contributed by atoms with Crippen molar-refractivity contribution in [1.29, 1.82) is 0 Å². The predicted octanol–water partition coefficient (Wildman–Crippen LogP) is 4.67. The zero-order valence-corrected chi connectivity index (χ0v) is 19.0. The normalized spacial score (nSPS) is 11.6. The Labute approximate surface area is 184 Å². The Balaban J connectivity index is 2.16. The average Bonchev–Trinajstić information content (AvgIpc) is 2.73. The largest absolute Gasteiger partial charge is 0.483 e. The van der Waals surface area contributed by atoms with E-state index in [-0.39, 0.29) is 25.0 Å². The molecule has 0 saturated heterocycles. The standard InChI is InChI=1S/C24H31ClN2O3/c1-5-6-13-26-24(29)19(4)27(15-20-9-7-8-10-21(20)25)23(28)16-30-22-14-17(2)11-12-18(22)3/h7-12,14,19H,5-6,13,15-16H2,1-4H3,(H,26,29)/t19-/m0/s1.